The molecule has 0 aliphatic heterocycles. The highest BCUT2D eigenvalue weighted by Crippen LogP contribution is 2.23. The van der Waals surface area contributed by atoms with E-state index in [4.69, 9.17) is 23.2 Å². The van der Waals surface area contributed by atoms with Crippen molar-refractivity contribution in [3.63, 3.8) is 0 Å². The van der Waals surface area contributed by atoms with E-state index in [1.54, 1.807) is 6.07 Å². The Kier molecular flexibility index (Phi) is 5.29. The minimum absolute atomic E-state index is 0.340. The molecule has 5 heteroatoms. The van der Waals surface area contributed by atoms with Gasteiger partial charge in [-0.3, -0.25) is 0 Å². The van der Waals surface area contributed by atoms with E-state index >= 15 is 0 Å². The normalized spacial score (nSPS) is 14.6. The molecule has 0 aliphatic carbocycles. The zero-order valence-corrected chi connectivity index (χ0v) is 11.3. The zero-order valence-electron chi connectivity index (χ0n) is 9.80. The maximum absolute atomic E-state index is 5.92. The van der Waals surface area contributed by atoms with Gasteiger partial charge in [-0.1, -0.05) is 43.5 Å². The fourth-order valence-corrected chi connectivity index (χ4v) is 1.84. The van der Waals surface area contributed by atoms with Crippen molar-refractivity contribution in [1.82, 2.24) is 10.2 Å². The van der Waals surface area contributed by atoms with Crippen LogP contribution in [0, 0.1) is 5.92 Å². The van der Waals surface area contributed by atoms with E-state index in [9.17, 15) is 0 Å². The SMILES string of the molecule is CCC(C)CC(C)Nc1cc(Cl)nnc1Cl. The number of nitrogens with one attached hydrogen (secondary N) is 1. The molecule has 2 unspecified atom stereocenters. The minimum atomic E-state index is 0.340. The fourth-order valence-electron chi connectivity index (χ4n) is 1.55. The van der Waals surface area contributed by atoms with E-state index in [0.717, 1.165) is 12.1 Å². The lowest BCUT2D eigenvalue weighted by atomic mass is 10.0. The van der Waals surface area contributed by atoms with Crippen molar-refractivity contribution in [3.8, 4) is 0 Å². The van der Waals surface area contributed by atoms with Crippen LogP contribution in [-0.2, 0) is 0 Å². The number of hydrogen-bond donors (Lipinski definition) is 1. The maximum Gasteiger partial charge on any atom is 0.174 e. The first-order valence-corrected chi connectivity index (χ1v) is 6.23. The summed E-state index contributed by atoms with van der Waals surface area (Å²) in [5.41, 5.74) is 0.748. The summed E-state index contributed by atoms with van der Waals surface area (Å²) in [4.78, 5) is 0. The van der Waals surface area contributed by atoms with Gasteiger partial charge in [0.05, 0.1) is 5.69 Å². The lowest BCUT2D eigenvalue weighted by Gasteiger charge is -2.18. The molecule has 0 aromatic carbocycles. The molecule has 2 atom stereocenters. The van der Waals surface area contributed by atoms with Crippen molar-refractivity contribution < 1.29 is 0 Å². The third-order valence-electron chi connectivity index (χ3n) is 2.57. The molecule has 1 rings (SSSR count). The summed E-state index contributed by atoms with van der Waals surface area (Å²) < 4.78 is 0. The molecular formula is C11H17Cl2N3. The standard InChI is InChI=1S/C11H17Cl2N3/c1-4-7(2)5-8(3)14-9-6-10(12)15-16-11(9)13/h6-8H,4-5H2,1-3H3,(H,14,15). The third kappa shape index (κ3) is 4.14. The summed E-state index contributed by atoms with van der Waals surface area (Å²) in [6.45, 7) is 6.55. The predicted molar refractivity (Wildman–Crippen MR) is 69.2 cm³/mol. The molecule has 1 heterocycles. The van der Waals surface area contributed by atoms with Crippen LogP contribution in [0.15, 0.2) is 6.07 Å². The Morgan fingerprint density at radius 1 is 1.31 bits per heavy atom. The Hall–Kier alpha value is -0.540. The van der Waals surface area contributed by atoms with Crippen LogP contribution in [0.25, 0.3) is 0 Å². The molecule has 1 aromatic rings. The van der Waals surface area contributed by atoms with Gasteiger partial charge >= 0.3 is 0 Å². The first-order valence-electron chi connectivity index (χ1n) is 5.48. The molecule has 0 spiro atoms. The van der Waals surface area contributed by atoms with E-state index in [0.29, 0.717) is 22.3 Å². The van der Waals surface area contributed by atoms with Gasteiger partial charge in [0.2, 0.25) is 0 Å². The molecule has 0 aliphatic rings. The Bertz CT molecular complexity index is 344. The number of halogens is 2. The van der Waals surface area contributed by atoms with Crippen molar-refractivity contribution >= 4 is 28.9 Å². The van der Waals surface area contributed by atoms with Gasteiger partial charge in [0.25, 0.3) is 0 Å². The van der Waals surface area contributed by atoms with Crippen molar-refractivity contribution in [2.75, 3.05) is 5.32 Å². The molecule has 90 valence electrons. The van der Waals surface area contributed by atoms with Gasteiger partial charge in [-0.2, -0.15) is 0 Å². The van der Waals surface area contributed by atoms with E-state index in [1.165, 1.54) is 6.42 Å². The second-order valence-electron chi connectivity index (χ2n) is 4.17. The highest BCUT2D eigenvalue weighted by Gasteiger charge is 2.10. The van der Waals surface area contributed by atoms with Crippen molar-refractivity contribution in [2.24, 2.45) is 5.92 Å². The molecular weight excluding hydrogens is 245 g/mol. The molecule has 0 saturated heterocycles. The molecule has 0 fully saturated rings. The van der Waals surface area contributed by atoms with Gasteiger partial charge in [0.15, 0.2) is 10.3 Å². The van der Waals surface area contributed by atoms with Crippen LogP contribution in [0.4, 0.5) is 5.69 Å². The predicted octanol–water partition coefficient (Wildman–Crippen LogP) is 4.02. The minimum Gasteiger partial charge on any atom is -0.380 e. The van der Waals surface area contributed by atoms with Crippen LogP contribution in [0.3, 0.4) is 0 Å². The smallest absolute Gasteiger partial charge is 0.174 e. The summed E-state index contributed by atoms with van der Waals surface area (Å²) in [5, 5.41) is 11.4. The lowest BCUT2D eigenvalue weighted by molar-refractivity contribution is 0.483. The largest absolute Gasteiger partial charge is 0.380 e. The summed E-state index contributed by atoms with van der Waals surface area (Å²) in [5.74, 6) is 0.687. The molecule has 3 nitrogen and oxygen atoms in total. The maximum atomic E-state index is 5.92. The summed E-state index contributed by atoms with van der Waals surface area (Å²) in [6, 6.07) is 2.04. The highest BCUT2D eigenvalue weighted by atomic mass is 35.5. The molecule has 0 radical (unpaired) electrons. The third-order valence-corrected chi connectivity index (χ3v) is 3.04. The Labute approximate surface area is 107 Å². The second-order valence-corrected chi connectivity index (χ2v) is 4.91. The van der Waals surface area contributed by atoms with Crippen molar-refractivity contribution in [1.29, 1.82) is 0 Å². The van der Waals surface area contributed by atoms with E-state index in [2.05, 4.69) is 36.3 Å². The number of rotatable bonds is 5. The summed E-state index contributed by atoms with van der Waals surface area (Å²) in [7, 11) is 0. The zero-order chi connectivity index (χ0) is 12.1. The van der Waals surface area contributed by atoms with E-state index in [1.807, 2.05) is 0 Å². The number of aromatic nitrogens is 2. The first kappa shape index (κ1) is 13.5. The Morgan fingerprint density at radius 3 is 2.62 bits per heavy atom. The van der Waals surface area contributed by atoms with Gasteiger partial charge in [-0.05, 0) is 19.3 Å². The van der Waals surface area contributed by atoms with Gasteiger partial charge in [0.1, 0.15) is 0 Å². The average Bonchev–Trinajstić information content (AvgIpc) is 2.23. The van der Waals surface area contributed by atoms with Crippen LogP contribution < -0.4 is 5.32 Å². The van der Waals surface area contributed by atoms with Crippen LogP contribution in [0.1, 0.15) is 33.6 Å². The van der Waals surface area contributed by atoms with E-state index < -0.39 is 0 Å². The van der Waals surface area contributed by atoms with Crippen LogP contribution >= 0.6 is 23.2 Å². The number of hydrogen-bond acceptors (Lipinski definition) is 3. The topological polar surface area (TPSA) is 37.8 Å². The van der Waals surface area contributed by atoms with Gasteiger partial charge in [-0.15, -0.1) is 10.2 Å². The summed E-state index contributed by atoms with van der Waals surface area (Å²) in [6.07, 6.45) is 2.27. The molecule has 16 heavy (non-hydrogen) atoms. The van der Waals surface area contributed by atoms with Crippen LogP contribution in [0.2, 0.25) is 10.3 Å². The van der Waals surface area contributed by atoms with Crippen LogP contribution in [0.5, 0.6) is 0 Å². The molecule has 0 bridgehead atoms. The molecule has 1 aromatic heterocycles. The Balaban J connectivity index is 2.61. The van der Waals surface area contributed by atoms with Gasteiger partial charge in [-0.25, -0.2) is 0 Å². The Morgan fingerprint density at radius 2 is 2.00 bits per heavy atom. The molecule has 0 saturated carbocycles. The second kappa shape index (κ2) is 6.26. The first-order chi connectivity index (χ1) is 7.52. The summed E-state index contributed by atoms with van der Waals surface area (Å²) >= 11 is 11.7. The monoisotopic (exact) mass is 261 g/mol. The van der Waals surface area contributed by atoms with Crippen molar-refractivity contribution in [2.45, 2.75) is 39.7 Å². The number of nitrogens with zero attached hydrogens (tertiary/aromatic N) is 2. The van der Waals surface area contributed by atoms with Gasteiger partial charge < -0.3 is 5.32 Å². The molecule has 1 N–H and O–H groups in total. The fraction of sp³-hybridized carbons (Fsp3) is 0.636. The van der Waals surface area contributed by atoms with E-state index in [-0.39, 0.29) is 0 Å². The molecule has 0 amide bonds. The van der Waals surface area contributed by atoms with Crippen LogP contribution in [-0.4, -0.2) is 16.2 Å². The quantitative estimate of drug-likeness (QED) is 0.870. The van der Waals surface area contributed by atoms with Crippen molar-refractivity contribution in [3.05, 3.63) is 16.4 Å². The highest BCUT2D eigenvalue weighted by molar-refractivity contribution is 6.33. The average molecular weight is 262 g/mol. The lowest BCUT2D eigenvalue weighted by Crippen LogP contribution is -2.18. The van der Waals surface area contributed by atoms with Gasteiger partial charge in [0, 0.05) is 12.1 Å². The number of anilines is 1.